The lowest BCUT2D eigenvalue weighted by Gasteiger charge is -2.27. The molecule has 0 aliphatic heterocycles. The fourth-order valence-electron chi connectivity index (χ4n) is 1.43. The molecule has 0 fully saturated rings. The number of likely N-dealkylation sites (N-methyl/N-ethyl adjacent to an activating group) is 1. The van der Waals surface area contributed by atoms with Crippen LogP contribution in [0.2, 0.25) is 0 Å². The minimum atomic E-state index is -0.917. The average molecular weight is 226 g/mol. The molecule has 0 unspecified atom stereocenters. The SMILES string of the molecule is CCN(CC(C)(C)O)C(=O)c1oncc1C. The molecule has 1 rings (SSSR count). The monoisotopic (exact) mass is 226 g/mol. The molecular formula is C11H18N2O3. The normalized spacial score (nSPS) is 11.6. The smallest absolute Gasteiger partial charge is 0.292 e. The van der Waals surface area contributed by atoms with Crippen molar-refractivity contribution in [3.63, 3.8) is 0 Å². The van der Waals surface area contributed by atoms with E-state index in [1.165, 1.54) is 11.1 Å². The summed E-state index contributed by atoms with van der Waals surface area (Å²) < 4.78 is 4.90. The van der Waals surface area contributed by atoms with Crippen LogP contribution in [-0.2, 0) is 0 Å². The van der Waals surface area contributed by atoms with Crippen LogP contribution in [0.4, 0.5) is 0 Å². The van der Waals surface area contributed by atoms with Gasteiger partial charge in [0.15, 0.2) is 0 Å². The van der Waals surface area contributed by atoms with E-state index in [4.69, 9.17) is 4.52 Å². The number of aromatic nitrogens is 1. The van der Waals surface area contributed by atoms with Crippen LogP contribution in [0, 0.1) is 6.92 Å². The van der Waals surface area contributed by atoms with Crippen LogP contribution in [0.15, 0.2) is 10.7 Å². The molecule has 0 aliphatic rings. The fraction of sp³-hybridized carbons (Fsp3) is 0.636. The third-order valence-electron chi connectivity index (χ3n) is 2.19. The zero-order valence-corrected chi connectivity index (χ0v) is 10.1. The Morgan fingerprint density at radius 3 is 2.62 bits per heavy atom. The number of carbonyl (C=O) groups is 1. The van der Waals surface area contributed by atoms with Gasteiger partial charge in [-0.15, -0.1) is 0 Å². The number of hydrogen-bond donors (Lipinski definition) is 1. The Balaban J connectivity index is 2.82. The highest BCUT2D eigenvalue weighted by Gasteiger charge is 2.25. The molecule has 16 heavy (non-hydrogen) atoms. The van der Waals surface area contributed by atoms with Crippen molar-refractivity contribution in [3.8, 4) is 0 Å². The van der Waals surface area contributed by atoms with E-state index in [1.54, 1.807) is 20.8 Å². The molecule has 1 amide bonds. The molecule has 0 spiro atoms. The zero-order chi connectivity index (χ0) is 12.3. The Kier molecular flexibility index (Phi) is 3.70. The maximum absolute atomic E-state index is 12.0. The summed E-state index contributed by atoms with van der Waals surface area (Å²) in [4.78, 5) is 13.6. The van der Waals surface area contributed by atoms with Crippen LogP contribution in [-0.4, -0.2) is 39.8 Å². The molecular weight excluding hydrogens is 208 g/mol. The van der Waals surface area contributed by atoms with E-state index in [2.05, 4.69) is 5.16 Å². The van der Waals surface area contributed by atoms with Gasteiger partial charge in [-0.1, -0.05) is 5.16 Å². The second-order valence-corrected chi connectivity index (χ2v) is 4.47. The first-order chi connectivity index (χ1) is 7.35. The van der Waals surface area contributed by atoms with Crippen molar-refractivity contribution in [3.05, 3.63) is 17.5 Å². The minimum absolute atomic E-state index is 0.236. The molecule has 1 heterocycles. The molecule has 5 nitrogen and oxygen atoms in total. The maximum Gasteiger partial charge on any atom is 0.292 e. The lowest BCUT2D eigenvalue weighted by Crippen LogP contribution is -2.42. The molecule has 0 radical (unpaired) electrons. The number of aryl methyl sites for hydroxylation is 1. The third kappa shape index (κ3) is 3.06. The number of hydrogen-bond acceptors (Lipinski definition) is 4. The molecule has 0 bridgehead atoms. The van der Waals surface area contributed by atoms with E-state index >= 15 is 0 Å². The van der Waals surface area contributed by atoms with Gasteiger partial charge in [0.25, 0.3) is 5.91 Å². The molecule has 0 aromatic carbocycles. The predicted octanol–water partition coefficient (Wildman–Crippen LogP) is 1.22. The average Bonchev–Trinajstić information content (AvgIpc) is 2.58. The van der Waals surface area contributed by atoms with Crippen molar-refractivity contribution in [2.75, 3.05) is 13.1 Å². The first-order valence-corrected chi connectivity index (χ1v) is 5.28. The van der Waals surface area contributed by atoms with Crippen molar-refractivity contribution < 1.29 is 14.4 Å². The number of amides is 1. The highest BCUT2D eigenvalue weighted by molar-refractivity contribution is 5.92. The summed E-state index contributed by atoms with van der Waals surface area (Å²) in [6, 6.07) is 0. The van der Waals surface area contributed by atoms with E-state index < -0.39 is 5.60 Å². The Bertz CT molecular complexity index is 366. The number of carbonyl (C=O) groups excluding carboxylic acids is 1. The van der Waals surface area contributed by atoms with Crippen LogP contribution in [0.25, 0.3) is 0 Å². The lowest BCUT2D eigenvalue weighted by atomic mass is 10.1. The Morgan fingerprint density at radius 2 is 2.25 bits per heavy atom. The summed E-state index contributed by atoms with van der Waals surface area (Å²) in [5.74, 6) is 0.00530. The summed E-state index contributed by atoms with van der Waals surface area (Å²) in [6.07, 6.45) is 1.51. The van der Waals surface area contributed by atoms with Crippen molar-refractivity contribution in [1.29, 1.82) is 0 Å². The van der Waals surface area contributed by atoms with E-state index in [-0.39, 0.29) is 18.2 Å². The van der Waals surface area contributed by atoms with Gasteiger partial charge in [-0.3, -0.25) is 4.79 Å². The van der Waals surface area contributed by atoms with Gasteiger partial charge in [0.2, 0.25) is 5.76 Å². The quantitative estimate of drug-likeness (QED) is 0.838. The van der Waals surface area contributed by atoms with E-state index in [9.17, 15) is 9.90 Å². The van der Waals surface area contributed by atoms with Crippen LogP contribution >= 0.6 is 0 Å². The van der Waals surface area contributed by atoms with Gasteiger partial charge in [0.1, 0.15) is 0 Å². The van der Waals surface area contributed by atoms with Crippen LogP contribution in [0.3, 0.4) is 0 Å². The molecule has 1 aromatic heterocycles. The fourth-order valence-corrected chi connectivity index (χ4v) is 1.43. The summed E-state index contributed by atoms with van der Waals surface area (Å²) in [7, 11) is 0. The summed E-state index contributed by atoms with van der Waals surface area (Å²) in [6.45, 7) is 7.73. The van der Waals surface area contributed by atoms with Crippen LogP contribution in [0.1, 0.15) is 36.9 Å². The Labute approximate surface area is 95.0 Å². The largest absolute Gasteiger partial charge is 0.389 e. The number of nitrogens with zero attached hydrogens (tertiary/aromatic N) is 2. The third-order valence-corrected chi connectivity index (χ3v) is 2.19. The van der Waals surface area contributed by atoms with Gasteiger partial charge >= 0.3 is 0 Å². The van der Waals surface area contributed by atoms with Gasteiger partial charge in [-0.05, 0) is 27.7 Å². The summed E-state index contributed by atoms with van der Waals surface area (Å²) in [5, 5.41) is 13.3. The molecule has 90 valence electrons. The van der Waals surface area contributed by atoms with Crippen LogP contribution < -0.4 is 0 Å². The predicted molar refractivity (Wildman–Crippen MR) is 59.1 cm³/mol. The Hall–Kier alpha value is -1.36. The highest BCUT2D eigenvalue weighted by atomic mass is 16.5. The van der Waals surface area contributed by atoms with Crippen molar-refractivity contribution in [2.24, 2.45) is 0 Å². The zero-order valence-electron chi connectivity index (χ0n) is 10.1. The molecule has 1 aromatic rings. The molecule has 0 saturated carbocycles. The van der Waals surface area contributed by atoms with Crippen molar-refractivity contribution >= 4 is 5.91 Å². The number of aliphatic hydroxyl groups is 1. The molecule has 0 saturated heterocycles. The minimum Gasteiger partial charge on any atom is -0.389 e. The van der Waals surface area contributed by atoms with Gasteiger partial charge in [-0.25, -0.2) is 0 Å². The van der Waals surface area contributed by atoms with E-state index in [0.29, 0.717) is 12.1 Å². The van der Waals surface area contributed by atoms with E-state index in [1.807, 2.05) is 6.92 Å². The Morgan fingerprint density at radius 1 is 1.62 bits per heavy atom. The van der Waals surface area contributed by atoms with Gasteiger partial charge < -0.3 is 14.5 Å². The second-order valence-electron chi connectivity index (χ2n) is 4.47. The van der Waals surface area contributed by atoms with Gasteiger partial charge in [0.05, 0.1) is 11.8 Å². The summed E-state index contributed by atoms with van der Waals surface area (Å²) >= 11 is 0. The first kappa shape index (κ1) is 12.7. The molecule has 5 heteroatoms. The molecule has 0 aliphatic carbocycles. The lowest BCUT2D eigenvalue weighted by molar-refractivity contribution is 0.0293. The van der Waals surface area contributed by atoms with Gasteiger partial charge in [0, 0.05) is 18.7 Å². The topological polar surface area (TPSA) is 66.6 Å². The van der Waals surface area contributed by atoms with Crippen molar-refractivity contribution in [2.45, 2.75) is 33.3 Å². The summed E-state index contributed by atoms with van der Waals surface area (Å²) in [5.41, 5.74) is -0.209. The second kappa shape index (κ2) is 4.65. The standard InChI is InChI=1S/C11H18N2O3/c1-5-13(7-11(3,4)15)10(14)9-8(2)6-12-16-9/h6,15H,5,7H2,1-4H3. The first-order valence-electron chi connectivity index (χ1n) is 5.28. The van der Waals surface area contributed by atoms with Crippen LogP contribution in [0.5, 0.6) is 0 Å². The molecule has 0 atom stereocenters. The highest BCUT2D eigenvalue weighted by Crippen LogP contribution is 2.12. The number of rotatable bonds is 4. The molecule has 1 N–H and O–H groups in total. The van der Waals surface area contributed by atoms with Gasteiger partial charge in [-0.2, -0.15) is 0 Å². The maximum atomic E-state index is 12.0. The van der Waals surface area contributed by atoms with Crippen molar-refractivity contribution in [1.82, 2.24) is 10.1 Å². The van der Waals surface area contributed by atoms with E-state index in [0.717, 1.165) is 0 Å².